The highest BCUT2D eigenvalue weighted by molar-refractivity contribution is 5.97. The number of aryl methyl sites for hydroxylation is 1. The Bertz CT molecular complexity index is 3710. The number of rotatable bonds is 10. The SMILES string of the molecule is [2H]C([2H])([2H])c1cc(-c2c(C([2H])(C)C)cccc2C([2H])(C)C)ccc1-n1c(-c2cc(C([2H])(C)C)cc(C([2H])(C)C)c2O)nc2c(-c3cc(-c4cc(-c5ccc(C(C([2H])([2H])[2H])(C([2H])([2H])[2H])C([2H])([2H])[2H])cc5)ccn4)cc(C(C)(C)C)c3)cccc21. The van der Waals surface area contributed by atoms with Crippen LogP contribution in [-0.4, -0.2) is 19.6 Å². The van der Waals surface area contributed by atoms with Crippen LogP contribution in [0.1, 0.15) is 181 Å². The van der Waals surface area contributed by atoms with Gasteiger partial charge in [0.05, 0.1) is 28.0 Å². The number of benzene rings is 6. The van der Waals surface area contributed by atoms with Crippen molar-refractivity contribution in [1.29, 1.82) is 0 Å². The van der Waals surface area contributed by atoms with Gasteiger partial charge in [0.1, 0.15) is 11.6 Å². The van der Waals surface area contributed by atoms with Gasteiger partial charge >= 0.3 is 0 Å². The number of phenolic OH excluding ortho intramolecular Hbond substituents is 1. The van der Waals surface area contributed by atoms with Crippen molar-refractivity contribution in [3.8, 4) is 67.5 Å². The number of phenols is 1. The smallest absolute Gasteiger partial charge is 0.149 e. The van der Waals surface area contributed by atoms with Gasteiger partial charge in [-0.15, -0.1) is 0 Å². The highest BCUT2D eigenvalue weighted by Gasteiger charge is 2.26. The molecule has 2 aromatic heterocycles. The maximum atomic E-state index is 12.5. The fraction of sp³-hybridized carbons (Fsp3) is 0.333. The highest BCUT2D eigenvalue weighted by atomic mass is 16.3. The summed E-state index contributed by atoms with van der Waals surface area (Å²) in [6.07, 6.45) is 1.61. The molecule has 0 aliphatic rings. The maximum absolute atomic E-state index is 12.5. The largest absolute Gasteiger partial charge is 0.507 e. The molecular formula is C63H71N3O. The van der Waals surface area contributed by atoms with E-state index in [1.54, 1.807) is 103 Å². The van der Waals surface area contributed by atoms with Crippen LogP contribution in [0.3, 0.4) is 0 Å². The van der Waals surface area contributed by atoms with E-state index >= 15 is 0 Å². The Morgan fingerprint density at radius 1 is 0.567 bits per heavy atom. The summed E-state index contributed by atoms with van der Waals surface area (Å²) in [6.45, 7) is 6.87. The molecule has 0 amide bonds. The Labute approximate surface area is 423 Å². The van der Waals surface area contributed by atoms with Crippen LogP contribution in [-0.2, 0) is 10.8 Å². The van der Waals surface area contributed by atoms with Crippen molar-refractivity contribution < 1.29 is 27.0 Å². The molecule has 0 spiro atoms. The highest BCUT2D eigenvalue weighted by Crippen LogP contribution is 2.45. The zero-order chi connectivity index (χ0) is 62.0. The predicted octanol–water partition coefficient (Wildman–Crippen LogP) is 17.9. The van der Waals surface area contributed by atoms with Gasteiger partial charge in [0.15, 0.2) is 0 Å². The van der Waals surface area contributed by atoms with Gasteiger partial charge < -0.3 is 5.11 Å². The van der Waals surface area contributed by atoms with E-state index in [-0.39, 0.29) is 39.5 Å². The van der Waals surface area contributed by atoms with E-state index in [0.29, 0.717) is 72.4 Å². The van der Waals surface area contributed by atoms with Gasteiger partial charge in [0.2, 0.25) is 0 Å². The van der Waals surface area contributed by atoms with Crippen LogP contribution >= 0.6 is 0 Å². The Balaban J connectivity index is 1.41. The average molecular weight is 902 g/mol. The number of hydrogen-bond acceptors (Lipinski definition) is 3. The Morgan fingerprint density at radius 3 is 1.85 bits per heavy atom. The minimum atomic E-state index is -3.42. The van der Waals surface area contributed by atoms with Crippen LogP contribution in [0, 0.1) is 6.85 Å². The molecule has 67 heavy (non-hydrogen) atoms. The standard InChI is InChI=1S/C63H71N3O/c1-37(2)45-34-53(40(7)8)60(67)54(35-45)61-65-59-52(20-17-21-57(59)66(61)56-27-24-44(30-41(56)9)58-50(38(3)4)18-16-19-51(58)39(5)6)46-31-47(33-49(32-46)63(13,14)15)55-36-43(28-29-64-55)42-22-25-48(26-23-42)62(10,11)12/h16-40,67H,1-15H3/i9D3,10D3,11D3,12D3,37D,38D,39D,40D. The fourth-order valence-electron chi connectivity index (χ4n) is 8.86. The third-order valence-electron chi connectivity index (χ3n) is 12.6. The van der Waals surface area contributed by atoms with Crippen molar-refractivity contribution in [2.24, 2.45) is 0 Å². The van der Waals surface area contributed by atoms with E-state index in [0.717, 1.165) is 5.56 Å². The quantitative estimate of drug-likeness (QED) is 0.149. The molecule has 0 unspecified atom stereocenters. The number of aromatic hydroxyl groups is 1. The first-order chi connectivity index (χ1) is 37.8. The number of imidazole rings is 1. The topological polar surface area (TPSA) is 50.9 Å². The Morgan fingerprint density at radius 2 is 1.22 bits per heavy atom. The summed E-state index contributed by atoms with van der Waals surface area (Å²) in [5.41, 5.74) is 4.83. The molecule has 344 valence electrons. The lowest BCUT2D eigenvalue weighted by Crippen LogP contribution is -2.11. The van der Waals surface area contributed by atoms with Crippen molar-refractivity contribution >= 4 is 11.0 Å². The van der Waals surface area contributed by atoms with Crippen molar-refractivity contribution in [3.63, 3.8) is 0 Å². The third kappa shape index (κ3) is 9.25. The molecule has 8 aromatic rings. The first-order valence-corrected chi connectivity index (χ1v) is 22.7. The summed E-state index contributed by atoms with van der Waals surface area (Å²) in [7, 11) is 0. The normalized spacial score (nSPS) is 17.3. The van der Waals surface area contributed by atoms with Crippen LogP contribution in [0.4, 0.5) is 0 Å². The Kier molecular flexibility index (Phi) is 8.35. The van der Waals surface area contributed by atoms with Crippen LogP contribution in [0.5, 0.6) is 5.75 Å². The van der Waals surface area contributed by atoms with Gasteiger partial charge in [0, 0.05) is 39.3 Å². The lowest BCUT2D eigenvalue weighted by molar-refractivity contribution is 0.466. The van der Waals surface area contributed by atoms with Crippen molar-refractivity contribution in [1.82, 2.24) is 14.5 Å². The molecule has 1 N–H and O–H groups in total. The molecule has 0 fully saturated rings. The molecule has 4 heteroatoms. The summed E-state index contributed by atoms with van der Waals surface area (Å²) in [6, 6.07) is 34.5. The second-order valence-corrected chi connectivity index (χ2v) is 19.6. The molecule has 6 aromatic carbocycles. The number of hydrogen-bond donors (Lipinski definition) is 1. The van der Waals surface area contributed by atoms with E-state index in [1.807, 2.05) is 60.7 Å². The summed E-state index contributed by atoms with van der Waals surface area (Å²) in [5, 5.41) is 12.5. The molecule has 0 saturated heterocycles. The van der Waals surface area contributed by atoms with E-state index in [9.17, 15) is 14.7 Å². The van der Waals surface area contributed by atoms with Gasteiger partial charge in [0.25, 0.3) is 0 Å². The Hall–Kier alpha value is -6.26. The minimum Gasteiger partial charge on any atom is -0.507 e. The van der Waals surface area contributed by atoms with E-state index in [2.05, 4.69) is 20.8 Å². The number of pyridine rings is 1. The number of fused-ring (bicyclic) bond motifs is 1. The summed E-state index contributed by atoms with van der Waals surface area (Å²) < 4.78 is 140. The molecule has 4 nitrogen and oxygen atoms in total. The zero-order valence-corrected chi connectivity index (χ0v) is 40.4. The number of nitrogens with zero attached hydrogens (tertiary/aromatic N) is 3. The first-order valence-electron chi connectivity index (χ1n) is 30.7. The van der Waals surface area contributed by atoms with E-state index < -0.39 is 61.8 Å². The fourth-order valence-corrected chi connectivity index (χ4v) is 8.86. The van der Waals surface area contributed by atoms with Crippen molar-refractivity contribution in [3.05, 3.63) is 166 Å². The summed E-state index contributed by atoms with van der Waals surface area (Å²) >= 11 is 0. The van der Waals surface area contributed by atoms with Crippen LogP contribution in [0.2, 0.25) is 0 Å². The first kappa shape index (κ1) is 30.9. The monoisotopic (exact) mass is 902 g/mol. The predicted molar refractivity (Wildman–Crippen MR) is 286 cm³/mol. The molecular weight excluding hydrogens is 815 g/mol. The van der Waals surface area contributed by atoms with Gasteiger partial charge in [-0.05, 0) is 157 Å². The molecule has 0 aliphatic carbocycles. The van der Waals surface area contributed by atoms with Crippen LogP contribution < -0.4 is 0 Å². The molecule has 8 rings (SSSR count). The second-order valence-electron chi connectivity index (χ2n) is 19.6. The van der Waals surface area contributed by atoms with Gasteiger partial charge in [-0.25, -0.2) is 4.98 Å². The lowest BCUT2D eigenvalue weighted by atomic mass is 9.83. The van der Waals surface area contributed by atoms with Gasteiger partial charge in [-0.3, -0.25) is 9.55 Å². The summed E-state index contributed by atoms with van der Waals surface area (Å²) in [5.74, 6) is -4.98. The number of para-hydroxylation sites is 1. The molecule has 0 radical (unpaired) electrons. The van der Waals surface area contributed by atoms with Crippen LogP contribution in [0.25, 0.3) is 72.7 Å². The number of aromatic nitrogens is 3. The lowest BCUT2D eigenvalue weighted by Gasteiger charge is -2.22. The molecule has 0 atom stereocenters. The summed E-state index contributed by atoms with van der Waals surface area (Å²) in [4.78, 5) is 10.2. The van der Waals surface area contributed by atoms with Crippen LogP contribution in [0.15, 0.2) is 128 Å². The molecule has 0 saturated carbocycles. The molecule has 0 aliphatic heterocycles. The van der Waals surface area contributed by atoms with Crippen molar-refractivity contribution in [2.45, 2.75) is 138 Å². The molecule has 0 bridgehead atoms. The second kappa shape index (κ2) is 18.1. The van der Waals surface area contributed by atoms with E-state index in [1.165, 1.54) is 24.3 Å². The van der Waals surface area contributed by atoms with Gasteiger partial charge in [-0.2, -0.15) is 0 Å². The maximum Gasteiger partial charge on any atom is 0.149 e. The molecule has 2 heterocycles. The third-order valence-corrected chi connectivity index (χ3v) is 12.6. The van der Waals surface area contributed by atoms with E-state index in [4.69, 9.17) is 22.3 Å². The van der Waals surface area contributed by atoms with Crippen molar-refractivity contribution in [2.75, 3.05) is 0 Å². The zero-order valence-electron chi connectivity index (χ0n) is 56.4. The average Bonchev–Trinajstić information content (AvgIpc) is 1.57. The van der Waals surface area contributed by atoms with Gasteiger partial charge in [-0.1, -0.05) is 170 Å². The minimum absolute atomic E-state index is 0.0754.